The molecule has 2 heterocycles. The molecule has 21 heavy (non-hydrogen) atoms. The zero-order valence-corrected chi connectivity index (χ0v) is 12.6. The topological polar surface area (TPSA) is 114 Å². The summed E-state index contributed by atoms with van der Waals surface area (Å²) >= 11 is 1.02. The van der Waals surface area contributed by atoms with Crippen LogP contribution in [-0.2, 0) is 21.4 Å². The van der Waals surface area contributed by atoms with Crippen LogP contribution in [0.2, 0.25) is 0 Å². The monoisotopic (exact) mass is 328 g/mol. The van der Waals surface area contributed by atoms with Crippen LogP contribution in [0.1, 0.15) is 11.8 Å². The molecule has 0 spiro atoms. The molecule has 0 aromatic carbocycles. The Kier molecular flexibility index (Phi) is 4.38. The molecule has 0 fully saturated rings. The standard InChI is InChI=1S/C11H12N4O4S2/c1-2-15-6-9(13-7-15)21(18,19)14-11-12-5-8(20-11)3-4-10(16)17/h3-7H,2H2,1H3,(H,12,14)(H,16,17). The van der Waals surface area contributed by atoms with Crippen LogP contribution in [0.4, 0.5) is 5.13 Å². The number of aryl methyl sites for hydroxylation is 1. The Balaban J connectivity index is 2.15. The molecule has 0 amide bonds. The minimum atomic E-state index is -3.79. The number of thiazole rings is 1. The van der Waals surface area contributed by atoms with E-state index in [9.17, 15) is 13.2 Å². The molecule has 0 atom stereocenters. The maximum atomic E-state index is 12.1. The first-order valence-corrected chi connectivity index (χ1v) is 8.12. The molecule has 2 rings (SSSR count). The van der Waals surface area contributed by atoms with Gasteiger partial charge in [0.05, 0.1) is 6.33 Å². The Morgan fingerprint density at radius 2 is 2.29 bits per heavy atom. The van der Waals surface area contributed by atoms with Crippen molar-refractivity contribution >= 4 is 38.5 Å². The fourth-order valence-electron chi connectivity index (χ4n) is 1.38. The third-order valence-corrected chi connectivity index (χ3v) is 4.62. The first kappa shape index (κ1) is 15.2. The molecule has 0 saturated heterocycles. The second-order valence-corrected chi connectivity index (χ2v) is 6.58. The van der Waals surface area contributed by atoms with Gasteiger partial charge in [0.2, 0.25) is 0 Å². The number of hydrogen-bond donors (Lipinski definition) is 2. The van der Waals surface area contributed by atoms with Gasteiger partial charge in [-0.15, -0.1) is 0 Å². The Hall–Kier alpha value is -2.20. The lowest BCUT2D eigenvalue weighted by Gasteiger charge is -2.00. The largest absolute Gasteiger partial charge is 0.478 e. The van der Waals surface area contributed by atoms with E-state index in [0.29, 0.717) is 11.4 Å². The Bertz CT molecular complexity index is 776. The normalized spacial score (nSPS) is 11.9. The molecule has 0 bridgehead atoms. The molecule has 0 aliphatic heterocycles. The Morgan fingerprint density at radius 3 is 2.90 bits per heavy atom. The summed E-state index contributed by atoms with van der Waals surface area (Å²) in [5.74, 6) is -1.09. The molecule has 0 saturated carbocycles. The molecule has 10 heteroatoms. The van der Waals surface area contributed by atoms with Gasteiger partial charge in [-0.1, -0.05) is 11.3 Å². The fraction of sp³-hybridized carbons (Fsp3) is 0.182. The van der Waals surface area contributed by atoms with Crippen molar-refractivity contribution in [2.24, 2.45) is 0 Å². The molecule has 2 N–H and O–H groups in total. The van der Waals surface area contributed by atoms with Crippen molar-refractivity contribution in [3.63, 3.8) is 0 Å². The van der Waals surface area contributed by atoms with Gasteiger partial charge < -0.3 is 9.67 Å². The highest BCUT2D eigenvalue weighted by molar-refractivity contribution is 7.92. The minimum absolute atomic E-state index is 0.0952. The highest BCUT2D eigenvalue weighted by atomic mass is 32.2. The van der Waals surface area contributed by atoms with Gasteiger partial charge in [-0.05, 0) is 13.0 Å². The van der Waals surface area contributed by atoms with Gasteiger partial charge >= 0.3 is 5.97 Å². The van der Waals surface area contributed by atoms with E-state index >= 15 is 0 Å². The number of hydrogen-bond acceptors (Lipinski definition) is 6. The predicted molar refractivity (Wildman–Crippen MR) is 77.5 cm³/mol. The SMILES string of the molecule is CCn1cnc(S(=O)(=O)Nc2ncc(C=CC(=O)O)s2)c1. The highest BCUT2D eigenvalue weighted by Crippen LogP contribution is 2.22. The number of rotatable bonds is 6. The van der Waals surface area contributed by atoms with Crippen LogP contribution in [0, 0.1) is 0 Å². The van der Waals surface area contributed by atoms with Crippen molar-refractivity contribution in [1.29, 1.82) is 0 Å². The number of imidazole rings is 1. The van der Waals surface area contributed by atoms with Crippen LogP contribution in [0.5, 0.6) is 0 Å². The second-order valence-electron chi connectivity index (χ2n) is 3.89. The molecule has 0 aliphatic rings. The lowest BCUT2D eigenvalue weighted by atomic mass is 10.4. The van der Waals surface area contributed by atoms with Crippen LogP contribution >= 0.6 is 11.3 Å². The van der Waals surface area contributed by atoms with Gasteiger partial charge in [-0.25, -0.2) is 14.8 Å². The van der Waals surface area contributed by atoms with Crippen LogP contribution in [0.3, 0.4) is 0 Å². The molecule has 8 nitrogen and oxygen atoms in total. The maximum absolute atomic E-state index is 12.1. The van der Waals surface area contributed by atoms with E-state index in [0.717, 1.165) is 17.4 Å². The lowest BCUT2D eigenvalue weighted by Crippen LogP contribution is -2.13. The summed E-state index contributed by atoms with van der Waals surface area (Å²) in [5.41, 5.74) is 0. The van der Waals surface area contributed by atoms with E-state index in [1.807, 2.05) is 6.92 Å². The van der Waals surface area contributed by atoms with E-state index in [2.05, 4.69) is 14.7 Å². The molecule has 0 radical (unpaired) electrons. The van der Waals surface area contributed by atoms with E-state index in [1.165, 1.54) is 24.8 Å². The first-order valence-electron chi connectivity index (χ1n) is 5.82. The number of sulfonamides is 1. The number of anilines is 1. The van der Waals surface area contributed by atoms with Crippen molar-refractivity contribution in [2.75, 3.05) is 4.72 Å². The summed E-state index contributed by atoms with van der Waals surface area (Å²) in [6, 6.07) is 0. The van der Waals surface area contributed by atoms with Crippen LogP contribution in [0.15, 0.2) is 29.8 Å². The number of carboxylic acids is 1. The predicted octanol–water partition coefficient (Wildman–Crippen LogP) is 1.26. The Morgan fingerprint density at radius 1 is 1.52 bits per heavy atom. The molecule has 0 aliphatic carbocycles. The first-order chi connectivity index (χ1) is 9.90. The lowest BCUT2D eigenvalue weighted by molar-refractivity contribution is -0.131. The number of nitrogens with one attached hydrogen (secondary N) is 1. The van der Waals surface area contributed by atoms with Crippen molar-refractivity contribution in [3.05, 3.63) is 29.7 Å². The summed E-state index contributed by atoms with van der Waals surface area (Å²) in [6.07, 6.45) is 6.52. The van der Waals surface area contributed by atoms with E-state index < -0.39 is 16.0 Å². The van der Waals surface area contributed by atoms with Crippen molar-refractivity contribution < 1.29 is 18.3 Å². The quantitative estimate of drug-likeness (QED) is 0.772. The van der Waals surface area contributed by atoms with Gasteiger partial charge in [0.15, 0.2) is 10.2 Å². The van der Waals surface area contributed by atoms with Crippen molar-refractivity contribution in [1.82, 2.24) is 14.5 Å². The molecule has 2 aromatic rings. The zero-order chi connectivity index (χ0) is 15.5. The van der Waals surface area contributed by atoms with Crippen LogP contribution in [-0.4, -0.2) is 34.0 Å². The van der Waals surface area contributed by atoms with Gasteiger partial charge in [-0.3, -0.25) is 4.72 Å². The van der Waals surface area contributed by atoms with Crippen LogP contribution < -0.4 is 4.72 Å². The van der Waals surface area contributed by atoms with E-state index in [-0.39, 0.29) is 10.2 Å². The Labute approximate surface area is 124 Å². The summed E-state index contributed by atoms with van der Waals surface area (Å²) < 4.78 is 28.1. The second kappa shape index (κ2) is 6.06. The fourth-order valence-corrected chi connectivity index (χ4v) is 3.30. The summed E-state index contributed by atoms with van der Waals surface area (Å²) in [6.45, 7) is 2.48. The van der Waals surface area contributed by atoms with Gasteiger partial charge in [0.1, 0.15) is 0 Å². The average molecular weight is 328 g/mol. The summed E-state index contributed by atoms with van der Waals surface area (Å²) in [4.78, 5) is 18.6. The average Bonchev–Trinajstić information content (AvgIpc) is 3.04. The number of aliphatic carboxylic acids is 1. The number of nitrogens with zero attached hydrogens (tertiary/aromatic N) is 3. The maximum Gasteiger partial charge on any atom is 0.328 e. The van der Waals surface area contributed by atoms with Gasteiger partial charge in [0, 0.05) is 29.9 Å². The van der Waals surface area contributed by atoms with Crippen molar-refractivity contribution in [2.45, 2.75) is 18.5 Å². The third-order valence-electron chi connectivity index (χ3n) is 2.39. The minimum Gasteiger partial charge on any atom is -0.478 e. The smallest absolute Gasteiger partial charge is 0.328 e. The number of carboxylic acid groups (broad SMARTS) is 1. The summed E-state index contributed by atoms with van der Waals surface area (Å²) in [5, 5.41) is 8.57. The zero-order valence-electron chi connectivity index (χ0n) is 10.9. The molecular weight excluding hydrogens is 316 g/mol. The molecule has 2 aromatic heterocycles. The summed E-state index contributed by atoms with van der Waals surface area (Å²) in [7, 11) is -3.79. The number of carbonyl (C=O) groups is 1. The van der Waals surface area contributed by atoms with E-state index in [1.54, 1.807) is 4.57 Å². The van der Waals surface area contributed by atoms with Gasteiger partial charge in [-0.2, -0.15) is 8.42 Å². The molecule has 0 unspecified atom stereocenters. The van der Waals surface area contributed by atoms with Crippen LogP contribution in [0.25, 0.3) is 6.08 Å². The molecule has 112 valence electrons. The van der Waals surface area contributed by atoms with E-state index in [4.69, 9.17) is 5.11 Å². The molecular formula is C11H12N4O4S2. The highest BCUT2D eigenvalue weighted by Gasteiger charge is 2.18. The van der Waals surface area contributed by atoms with Gasteiger partial charge in [0.25, 0.3) is 10.0 Å². The number of aromatic nitrogens is 3. The third kappa shape index (κ3) is 3.89. The van der Waals surface area contributed by atoms with Crippen molar-refractivity contribution in [3.8, 4) is 0 Å².